The van der Waals surface area contributed by atoms with Crippen molar-refractivity contribution in [3.63, 3.8) is 0 Å². The van der Waals surface area contributed by atoms with Crippen LogP contribution in [0.2, 0.25) is 0 Å². The topological polar surface area (TPSA) is 49.4 Å². The van der Waals surface area contributed by atoms with Crippen molar-refractivity contribution in [1.29, 1.82) is 0 Å². The van der Waals surface area contributed by atoms with E-state index >= 15 is 0 Å². The standard InChI is InChI=1S/C22H23FN2O2S2/c23-21-7-5-17(6-8-21)16-29(26,27)24-13-22(20-10-12-28-15-20)25-11-9-18-3-1-2-4-19(18)14-25/h1-8,10,12,15,22,24H,9,11,13-14,16H2/t22-/m1/s1. The van der Waals surface area contributed by atoms with Gasteiger partial charge >= 0.3 is 0 Å². The zero-order valence-corrected chi connectivity index (χ0v) is 17.6. The number of hydrogen-bond acceptors (Lipinski definition) is 4. The van der Waals surface area contributed by atoms with Gasteiger partial charge in [-0.2, -0.15) is 11.3 Å². The minimum absolute atomic E-state index is 0.0300. The molecule has 2 aromatic carbocycles. The lowest BCUT2D eigenvalue weighted by molar-refractivity contribution is 0.180. The van der Waals surface area contributed by atoms with Gasteiger partial charge in [-0.05, 0) is 57.6 Å². The zero-order valence-electron chi connectivity index (χ0n) is 15.9. The molecule has 3 aromatic rings. The first-order valence-corrected chi connectivity index (χ1v) is 12.1. The Kier molecular flexibility index (Phi) is 6.10. The molecule has 1 atom stereocenters. The minimum Gasteiger partial charge on any atom is -0.290 e. The molecular weight excluding hydrogens is 407 g/mol. The second-order valence-electron chi connectivity index (χ2n) is 7.30. The SMILES string of the molecule is O=S(=O)(Cc1ccc(F)cc1)NC[C@H](c1ccsc1)N1CCc2ccccc2C1. The first-order chi connectivity index (χ1) is 14.0. The summed E-state index contributed by atoms with van der Waals surface area (Å²) in [5.74, 6) is -0.533. The summed E-state index contributed by atoms with van der Waals surface area (Å²) >= 11 is 1.62. The molecule has 0 bridgehead atoms. The number of thiophene rings is 1. The number of halogens is 1. The lowest BCUT2D eigenvalue weighted by Gasteiger charge is -2.35. The molecule has 0 unspecified atom stereocenters. The third kappa shape index (κ3) is 5.11. The summed E-state index contributed by atoms with van der Waals surface area (Å²) in [4.78, 5) is 2.34. The molecule has 0 saturated carbocycles. The van der Waals surface area contributed by atoms with Gasteiger partial charge in [-0.1, -0.05) is 36.4 Å². The highest BCUT2D eigenvalue weighted by Crippen LogP contribution is 2.29. The molecule has 29 heavy (non-hydrogen) atoms. The fraction of sp³-hybridized carbons (Fsp3) is 0.273. The molecule has 1 aromatic heterocycles. The van der Waals surface area contributed by atoms with E-state index in [4.69, 9.17) is 0 Å². The van der Waals surface area contributed by atoms with Gasteiger partial charge in [-0.3, -0.25) is 4.90 Å². The summed E-state index contributed by atoms with van der Waals surface area (Å²) in [5, 5.41) is 4.10. The first-order valence-electron chi connectivity index (χ1n) is 9.55. The maximum absolute atomic E-state index is 13.1. The predicted molar refractivity (Wildman–Crippen MR) is 115 cm³/mol. The summed E-state index contributed by atoms with van der Waals surface area (Å²) in [6.07, 6.45) is 0.957. The maximum atomic E-state index is 13.1. The Balaban J connectivity index is 1.48. The van der Waals surface area contributed by atoms with E-state index in [1.54, 1.807) is 11.3 Å². The molecule has 152 valence electrons. The van der Waals surface area contributed by atoms with E-state index in [1.165, 1.54) is 35.4 Å². The normalized spacial score (nSPS) is 15.8. The second kappa shape index (κ2) is 8.75. The summed E-state index contributed by atoms with van der Waals surface area (Å²) < 4.78 is 41.1. The van der Waals surface area contributed by atoms with Crippen molar-refractivity contribution in [2.45, 2.75) is 24.8 Å². The molecule has 1 aliphatic rings. The van der Waals surface area contributed by atoms with Crippen LogP contribution in [0.3, 0.4) is 0 Å². The molecule has 0 amide bonds. The fourth-order valence-corrected chi connectivity index (χ4v) is 5.62. The van der Waals surface area contributed by atoms with Crippen LogP contribution >= 0.6 is 11.3 Å². The van der Waals surface area contributed by atoms with E-state index in [0.717, 1.165) is 25.1 Å². The third-order valence-electron chi connectivity index (χ3n) is 5.30. The second-order valence-corrected chi connectivity index (χ2v) is 9.88. The summed E-state index contributed by atoms with van der Waals surface area (Å²) in [7, 11) is -3.53. The van der Waals surface area contributed by atoms with Crippen LogP contribution in [0.15, 0.2) is 65.4 Å². The number of fused-ring (bicyclic) bond motifs is 1. The number of nitrogens with zero attached hydrogens (tertiary/aromatic N) is 1. The zero-order chi connectivity index (χ0) is 20.3. The minimum atomic E-state index is -3.53. The van der Waals surface area contributed by atoms with Crippen LogP contribution in [0, 0.1) is 5.82 Å². The van der Waals surface area contributed by atoms with Crippen LogP contribution in [0.4, 0.5) is 4.39 Å². The number of benzene rings is 2. The smallest absolute Gasteiger partial charge is 0.215 e. The van der Waals surface area contributed by atoms with Crippen LogP contribution in [0.25, 0.3) is 0 Å². The van der Waals surface area contributed by atoms with Crippen LogP contribution < -0.4 is 4.72 Å². The molecule has 0 fully saturated rings. The Labute approximate surface area is 175 Å². The van der Waals surface area contributed by atoms with Crippen LogP contribution in [0.5, 0.6) is 0 Å². The highest BCUT2D eigenvalue weighted by molar-refractivity contribution is 7.88. The molecule has 1 N–H and O–H groups in total. The van der Waals surface area contributed by atoms with E-state index in [9.17, 15) is 12.8 Å². The molecule has 4 rings (SSSR count). The van der Waals surface area contributed by atoms with Gasteiger partial charge in [-0.15, -0.1) is 0 Å². The number of hydrogen-bond donors (Lipinski definition) is 1. The van der Waals surface area contributed by atoms with Crippen molar-refractivity contribution in [2.24, 2.45) is 0 Å². The molecule has 0 radical (unpaired) electrons. The van der Waals surface area contributed by atoms with Gasteiger partial charge in [-0.25, -0.2) is 17.5 Å². The summed E-state index contributed by atoms with van der Waals surface area (Å²) in [6.45, 7) is 2.00. The fourth-order valence-electron chi connectivity index (χ4n) is 3.76. The van der Waals surface area contributed by atoms with E-state index in [0.29, 0.717) is 12.1 Å². The highest BCUT2D eigenvalue weighted by Gasteiger charge is 2.26. The average molecular weight is 431 g/mol. The predicted octanol–water partition coefficient (Wildman–Crippen LogP) is 4.11. The van der Waals surface area contributed by atoms with Crippen molar-refractivity contribution >= 4 is 21.4 Å². The third-order valence-corrected chi connectivity index (χ3v) is 7.32. The van der Waals surface area contributed by atoms with Crippen molar-refractivity contribution < 1.29 is 12.8 Å². The van der Waals surface area contributed by atoms with Crippen molar-refractivity contribution in [3.05, 3.63) is 93.4 Å². The average Bonchev–Trinajstić information content (AvgIpc) is 3.24. The maximum Gasteiger partial charge on any atom is 0.215 e. The number of nitrogens with one attached hydrogen (secondary N) is 1. The monoisotopic (exact) mass is 430 g/mol. The van der Waals surface area contributed by atoms with Gasteiger partial charge in [0.1, 0.15) is 5.82 Å². The quantitative estimate of drug-likeness (QED) is 0.614. The van der Waals surface area contributed by atoms with Crippen molar-refractivity contribution in [2.75, 3.05) is 13.1 Å². The molecule has 0 saturated heterocycles. The van der Waals surface area contributed by atoms with Gasteiger partial charge < -0.3 is 0 Å². The number of rotatable bonds is 7. The van der Waals surface area contributed by atoms with Gasteiger partial charge in [0.05, 0.1) is 5.75 Å². The van der Waals surface area contributed by atoms with Gasteiger partial charge in [0.15, 0.2) is 0 Å². The molecule has 1 aliphatic heterocycles. The molecule has 4 nitrogen and oxygen atoms in total. The van der Waals surface area contributed by atoms with Crippen LogP contribution in [-0.4, -0.2) is 26.4 Å². The molecule has 2 heterocycles. The van der Waals surface area contributed by atoms with Crippen LogP contribution in [-0.2, 0) is 28.7 Å². The lowest BCUT2D eigenvalue weighted by Crippen LogP contribution is -2.40. The van der Waals surface area contributed by atoms with E-state index < -0.39 is 10.0 Å². The van der Waals surface area contributed by atoms with Crippen molar-refractivity contribution in [1.82, 2.24) is 9.62 Å². The van der Waals surface area contributed by atoms with Crippen molar-refractivity contribution in [3.8, 4) is 0 Å². The Morgan fingerprint density at radius 3 is 2.55 bits per heavy atom. The lowest BCUT2D eigenvalue weighted by atomic mass is 9.97. The summed E-state index contributed by atoms with van der Waals surface area (Å²) in [6, 6.07) is 16.0. The highest BCUT2D eigenvalue weighted by atomic mass is 32.2. The van der Waals surface area contributed by atoms with Gasteiger partial charge in [0, 0.05) is 25.7 Å². The molecule has 0 aliphatic carbocycles. The number of sulfonamides is 1. The molecular formula is C22H23FN2O2S2. The Morgan fingerprint density at radius 2 is 1.83 bits per heavy atom. The largest absolute Gasteiger partial charge is 0.290 e. The van der Waals surface area contributed by atoms with Crippen LogP contribution in [0.1, 0.15) is 28.3 Å². The van der Waals surface area contributed by atoms with Gasteiger partial charge in [0.2, 0.25) is 10.0 Å². The first kappa shape index (κ1) is 20.2. The van der Waals surface area contributed by atoms with E-state index in [1.807, 2.05) is 11.4 Å². The Hall–Kier alpha value is -2.06. The Bertz CT molecular complexity index is 1050. The molecule has 7 heteroatoms. The Morgan fingerprint density at radius 1 is 1.07 bits per heavy atom. The van der Waals surface area contributed by atoms with Gasteiger partial charge in [0.25, 0.3) is 0 Å². The van der Waals surface area contributed by atoms with E-state index in [-0.39, 0.29) is 17.6 Å². The molecule has 0 spiro atoms. The summed E-state index contributed by atoms with van der Waals surface area (Å²) in [5.41, 5.74) is 4.36. The van der Waals surface area contributed by atoms with E-state index in [2.05, 4.69) is 39.3 Å².